The fourth-order valence-electron chi connectivity index (χ4n) is 2.83. The number of anilines is 1. The van der Waals surface area contributed by atoms with Gasteiger partial charge in [0.2, 0.25) is 0 Å². The molecule has 1 aliphatic rings. The second-order valence-corrected chi connectivity index (χ2v) is 7.81. The van der Waals surface area contributed by atoms with Crippen molar-refractivity contribution < 1.29 is 13.2 Å². The van der Waals surface area contributed by atoms with Gasteiger partial charge in [-0.05, 0) is 51.0 Å². The highest BCUT2D eigenvalue weighted by Gasteiger charge is 2.30. The van der Waals surface area contributed by atoms with E-state index in [9.17, 15) is 13.2 Å². The number of carbonyl (C=O) groups is 1. The molecule has 2 amide bonds. The molecule has 122 valence electrons. The quantitative estimate of drug-likeness (QED) is 0.904. The Balaban J connectivity index is 2.08. The first-order valence-electron chi connectivity index (χ1n) is 7.89. The largest absolute Gasteiger partial charge is 0.325 e. The van der Waals surface area contributed by atoms with Crippen LogP contribution in [0.15, 0.2) is 29.2 Å². The zero-order valence-corrected chi connectivity index (χ0v) is 14.0. The number of sulfone groups is 1. The maximum atomic E-state index is 12.5. The van der Waals surface area contributed by atoms with E-state index in [4.69, 9.17) is 0 Å². The molecule has 1 aromatic rings. The molecule has 1 N–H and O–H groups in total. The first kappa shape index (κ1) is 16.8. The predicted molar refractivity (Wildman–Crippen MR) is 87.8 cm³/mol. The molecule has 2 rings (SSSR count). The third kappa shape index (κ3) is 3.61. The van der Waals surface area contributed by atoms with Crippen molar-refractivity contribution >= 4 is 21.6 Å². The van der Waals surface area contributed by atoms with E-state index in [1.165, 1.54) is 0 Å². The molecule has 1 aliphatic carbocycles. The highest BCUT2D eigenvalue weighted by Crippen LogP contribution is 2.30. The van der Waals surface area contributed by atoms with Crippen molar-refractivity contribution in [2.45, 2.75) is 49.7 Å². The summed E-state index contributed by atoms with van der Waals surface area (Å²) >= 11 is 0. The first-order valence-corrected chi connectivity index (χ1v) is 9.43. The molecule has 0 radical (unpaired) electrons. The summed E-state index contributed by atoms with van der Waals surface area (Å²) in [6.45, 7) is 5.10. The maximum absolute atomic E-state index is 12.5. The number of carbonyl (C=O) groups excluding carboxylic acids is 1. The minimum Gasteiger partial charge on any atom is -0.325 e. The van der Waals surface area contributed by atoms with Gasteiger partial charge in [0.1, 0.15) is 0 Å². The van der Waals surface area contributed by atoms with Gasteiger partial charge in [0, 0.05) is 18.8 Å². The van der Waals surface area contributed by atoms with Gasteiger partial charge in [-0.25, -0.2) is 13.2 Å². The van der Waals surface area contributed by atoms with Crippen LogP contribution in [0.1, 0.15) is 39.5 Å². The van der Waals surface area contributed by atoms with Gasteiger partial charge in [-0.15, -0.1) is 0 Å². The molecular formula is C16H24N2O3S. The van der Waals surface area contributed by atoms with E-state index in [0.29, 0.717) is 23.7 Å². The minimum atomic E-state index is -3.23. The van der Waals surface area contributed by atoms with Gasteiger partial charge in [0.05, 0.1) is 10.1 Å². The monoisotopic (exact) mass is 324 g/mol. The number of benzene rings is 1. The van der Waals surface area contributed by atoms with Gasteiger partial charge in [-0.3, -0.25) is 0 Å². The Morgan fingerprint density at radius 3 is 2.18 bits per heavy atom. The Hall–Kier alpha value is -1.56. The van der Waals surface area contributed by atoms with Gasteiger partial charge < -0.3 is 10.2 Å². The summed E-state index contributed by atoms with van der Waals surface area (Å²) in [5.74, 6) is 0. The number of urea groups is 1. The fourth-order valence-corrected chi connectivity index (χ4v) is 4.69. The molecule has 0 aliphatic heterocycles. The Morgan fingerprint density at radius 1 is 1.14 bits per heavy atom. The molecule has 6 heteroatoms. The number of rotatable bonds is 5. The first-order chi connectivity index (χ1) is 10.5. The SMILES string of the molecule is CCN(CC)C(=O)Nc1ccc(S(=O)(=O)C2CCCC2)cc1. The Kier molecular flexibility index (Phi) is 5.45. The average molecular weight is 324 g/mol. The highest BCUT2D eigenvalue weighted by atomic mass is 32.2. The van der Waals surface area contributed by atoms with Crippen molar-refractivity contribution in [3.8, 4) is 0 Å². The molecule has 22 heavy (non-hydrogen) atoms. The normalized spacial score (nSPS) is 15.7. The zero-order chi connectivity index (χ0) is 16.2. The van der Waals surface area contributed by atoms with Gasteiger partial charge in [0.25, 0.3) is 0 Å². The van der Waals surface area contributed by atoms with E-state index in [-0.39, 0.29) is 11.3 Å². The molecule has 5 nitrogen and oxygen atoms in total. The predicted octanol–water partition coefficient (Wildman–Crippen LogP) is 3.28. The summed E-state index contributed by atoms with van der Waals surface area (Å²) in [7, 11) is -3.23. The van der Waals surface area contributed by atoms with Crippen LogP contribution in [0.2, 0.25) is 0 Å². The molecular weight excluding hydrogens is 300 g/mol. The van der Waals surface area contributed by atoms with E-state index >= 15 is 0 Å². The standard InChI is InChI=1S/C16H24N2O3S/c1-3-18(4-2)16(19)17-13-9-11-15(12-10-13)22(20,21)14-7-5-6-8-14/h9-12,14H,3-8H2,1-2H3,(H,17,19). The van der Waals surface area contributed by atoms with Gasteiger partial charge in [-0.1, -0.05) is 12.8 Å². The molecule has 0 atom stereocenters. The Bertz CT molecular complexity index is 601. The fraction of sp³-hybridized carbons (Fsp3) is 0.562. The van der Waals surface area contributed by atoms with E-state index in [1.807, 2.05) is 13.8 Å². The van der Waals surface area contributed by atoms with E-state index in [2.05, 4.69) is 5.32 Å². The maximum Gasteiger partial charge on any atom is 0.321 e. The topological polar surface area (TPSA) is 66.5 Å². The van der Waals surface area contributed by atoms with E-state index in [0.717, 1.165) is 25.7 Å². The van der Waals surface area contributed by atoms with E-state index < -0.39 is 9.84 Å². The Labute approximate surface area is 132 Å². The van der Waals surface area contributed by atoms with Crippen LogP contribution >= 0.6 is 0 Å². The van der Waals surface area contributed by atoms with Crippen LogP contribution in [0.25, 0.3) is 0 Å². The van der Waals surface area contributed by atoms with Crippen LogP contribution in [0.3, 0.4) is 0 Å². The van der Waals surface area contributed by atoms with Gasteiger partial charge in [-0.2, -0.15) is 0 Å². The number of amides is 2. The smallest absolute Gasteiger partial charge is 0.321 e. The van der Waals surface area contributed by atoms with E-state index in [1.54, 1.807) is 29.2 Å². The second-order valence-electron chi connectivity index (χ2n) is 5.58. The minimum absolute atomic E-state index is 0.170. The second kappa shape index (κ2) is 7.13. The summed E-state index contributed by atoms with van der Waals surface area (Å²) in [4.78, 5) is 14.0. The summed E-state index contributed by atoms with van der Waals surface area (Å²) in [6, 6.07) is 6.32. The Morgan fingerprint density at radius 2 is 1.68 bits per heavy atom. The molecule has 0 unspecified atom stereocenters. The number of hydrogen-bond acceptors (Lipinski definition) is 3. The third-order valence-electron chi connectivity index (χ3n) is 4.23. The van der Waals surface area contributed by atoms with Gasteiger partial charge >= 0.3 is 6.03 Å². The van der Waals surface area contributed by atoms with Crippen LogP contribution in [0.4, 0.5) is 10.5 Å². The van der Waals surface area contributed by atoms with Crippen LogP contribution in [-0.4, -0.2) is 37.7 Å². The molecule has 0 bridgehead atoms. The van der Waals surface area contributed by atoms with Crippen molar-refractivity contribution in [3.05, 3.63) is 24.3 Å². The lowest BCUT2D eigenvalue weighted by Crippen LogP contribution is -2.34. The number of nitrogens with zero attached hydrogens (tertiary/aromatic N) is 1. The van der Waals surface area contributed by atoms with Crippen molar-refractivity contribution in [2.24, 2.45) is 0 Å². The van der Waals surface area contributed by atoms with Crippen molar-refractivity contribution in [1.82, 2.24) is 4.90 Å². The lowest BCUT2D eigenvalue weighted by Gasteiger charge is -2.19. The third-order valence-corrected chi connectivity index (χ3v) is 6.50. The summed E-state index contributed by atoms with van der Waals surface area (Å²) in [6.07, 6.45) is 3.48. The van der Waals surface area contributed by atoms with Gasteiger partial charge in [0.15, 0.2) is 9.84 Å². The highest BCUT2D eigenvalue weighted by molar-refractivity contribution is 7.92. The average Bonchev–Trinajstić information content (AvgIpc) is 3.04. The molecule has 0 spiro atoms. The van der Waals surface area contributed by atoms with Crippen molar-refractivity contribution in [2.75, 3.05) is 18.4 Å². The number of hydrogen-bond donors (Lipinski definition) is 1. The van der Waals surface area contributed by atoms with Crippen LogP contribution in [-0.2, 0) is 9.84 Å². The molecule has 0 heterocycles. The summed E-state index contributed by atoms with van der Waals surface area (Å²) < 4.78 is 24.9. The number of nitrogens with one attached hydrogen (secondary N) is 1. The van der Waals surface area contributed by atoms with Crippen molar-refractivity contribution in [3.63, 3.8) is 0 Å². The van der Waals surface area contributed by atoms with Crippen LogP contribution in [0, 0.1) is 0 Å². The lowest BCUT2D eigenvalue weighted by molar-refractivity contribution is 0.217. The molecule has 1 aromatic carbocycles. The van der Waals surface area contributed by atoms with Crippen LogP contribution < -0.4 is 5.32 Å². The summed E-state index contributed by atoms with van der Waals surface area (Å²) in [5, 5.41) is 2.54. The zero-order valence-electron chi connectivity index (χ0n) is 13.2. The lowest BCUT2D eigenvalue weighted by atomic mass is 10.3. The van der Waals surface area contributed by atoms with Crippen LogP contribution in [0.5, 0.6) is 0 Å². The van der Waals surface area contributed by atoms with Crippen molar-refractivity contribution in [1.29, 1.82) is 0 Å². The summed E-state index contributed by atoms with van der Waals surface area (Å²) in [5.41, 5.74) is 0.613. The molecule has 0 saturated heterocycles. The molecule has 1 fully saturated rings. The molecule has 0 aromatic heterocycles. The molecule has 1 saturated carbocycles.